The number of methoxy groups -OCH3 is 1. The number of nitrogens with one attached hydrogen (secondary N) is 1. The number of hydrogen-bond acceptors (Lipinski definition) is 6. The molecule has 0 aromatic heterocycles. The number of carbonyl (C=O) groups excluding carboxylic acids is 3. The summed E-state index contributed by atoms with van der Waals surface area (Å²) in [5.41, 5.74) is 0.492. The second-order valence-corrected chi connectivity index (χ2v) is 5.12. The first-order valence-electron chi connectivity index (χ1n) is 7.46. The Balaban J connectivity index is 2.03. The van der Waals surface area contributed by atoms with E-state index in [4.69, 9.17) is 4.74 Å². The van der Waals surface area contributed by atoms with E-state index in [9.17, 15) is 14.4 Å². The topological polar surface area (TPSA) is 84.9 Å². The molecule has 1 atom stereocenters. The van der Waals surface area contributed by atoms with Gasteiger partial charge in [-0.15, -0.1) is 0 Å². The normalized spacial score (nSPS) is 17.5. The number of carbonyl (C=O) groups is 3. The van der Waals surface area contributed by atoms with Gasteiger partial charge in [0.25, 0.3) is 5.91 Å². The van der Waals surface area contributed by atoms with Gasteiger partial charge in [0.15, 0.2) is 0 Å². The highest BCUT2D eigenvalue weighted by atomic mass is 16.5. The van der Waals surface area contributed by atoms with Gasteiger partial charge in [0.2, 0.25) is 5.91 Å². The van der Waals surface area contributed by atoms with Crippen molar-refractivity contribution in [2.45, 2.75) is 25.8 Å². The van der Waals surface area contributed by atoms with Gasteiger partial charge < -0.3 is 9.47 Å². The molecule has 1 N–H and O–H groups in total. The Morgan fingerprint density at radius 1 is 1.30 bits per heavy atom. The highest BCUT2D eigenvalue weighted by molar-refractivity contribution is 6.22. The average Bonchev–Trinajstić information content (AvgIpc) is 2.85. The highest BCUT2D eigenvalue weighted by Crippen LogP contribution is 2.25. The monoisotopic (exact) mass is 320 g/mol. The molecule has 1 fully saturated rings. The van der Waals surface area contributed by atoms with Crippen LogP contribution in [0.15, 0.2) is 24.3 Å². The third kappa shape index (κ3) is 4.07. The smallest absolute Gasteiger partial charge is 0.319 e. The molecule has 1 aromatic carbocycles. The van der Waals surface area contributed by atoms with E-state index >= 15 is 0 Å². The Hall–Kier alpha value is -2.41. The van der Waals surface area contributed by atoms with E-state index in [1.807, 2.05) is 6.92 Å². The van der Waals surface area contributed by atoms with Crippen molar-refractivity contribution in [3.63, 3.8) is 0 Å². The Morgan fingerprint density at radius 2 is 2.00 bits per heavy atom. The van der Waals surface area contributed by atoms with E-state index in [0.29, 0.717) is 18.0 Å². The number of nitrogens with zero attached hydrogens (tertiary/aromatic N) is 1. The first kappa shape index (κ1) is 17.0. The van der Waals surface area contributed by atoms with Gasteiger partial charge in [-0.3, -0.25) is 19.7 Å². The Morgan fingerprint density at radius 3 is 2.61 bits per heavy atom. The summed E-state index contributed by atoms with van der Waals surface area (Å²) in [6, 6.07) is 6.08. The molecule has 0 spiro atoms. The SMILES string of the molecule is CCCOc1ccc(N2C(=O)C[C@H](NCC(=O)OC)C2=O)cc1. The number of hydrogen-bond donors (Lipinski definition) is 1. The van der Waals surface area contributed by atoms with E-state index in [2.05, 4.69) is 10.1 Å². The Kier molecular flexibility index (Phi) is 5.70. The third-order valence-corrected chi connectivity index (χ3v) is 3.43. The minimum atomic E-state index is -0.711. The molecule has 0 saturated carbocycles. The lowest BCUT2D eigenvalue weighted by Crippen LogP contribution is -2.41. The summed E-state index contributed by atoms with van der Waals surface area (Å²) < 4.78 is 9.98. The predicted octanol–water partition coefficient (Wildman–Crippen LogP) is 0.870. The molecule has 7 nitrogen and oxygen atoms in total. The zero-order valence-corrected chi connectivity index (χ0v) is 13.2. The lowest BCUT2D eigenvalue weighted by atomic mass is 10.2. The summed E-state index contributed by atoms with van der Waals surface area (Å²) in [6.45, 7) is 2.51. The summed E-state index contributed by atoms with van der Waals surface area (Å²) in [5, 5.41) is 2.74. The fourth-order valence-corrected chi connectivity index (χ4v) is 2.25. The van der Waals surface area contributed by atoms with Crippen molar-refractivity contribution in [2.75, 3.05) is 25.2 Å². The van der Waals surface area contributed by atoms with Crippen LogP contribution in [0, 0.1) is 0 Å². The first-order chi connectivity index (χ1) is 11.1. The summed E-state index contributed by atoms with van der Waals surface area (Å²) in [6.07, 6.45) is 0.919. The molecule has 1 aromatic rings. The number of ether oxygens (including phenoxy) is 2. The van der Waals surface area contributed by atoms with Crippen molar-refractivity contribution in [1.82, 2.24) is 5.32 Å². The van der Waals surface area contributed by atoms with E-state index in [1.165, 1.54) is 7.11 Å². The Bertz CT molecular complexity index is 585. The molecule has 2 amide bonds. The van der Waals surface area contributed by atoms with Crippen LogP contribution in [0.5, 0.6) is 5.75 Å². The van der Waals surface area contributed by atoms with Crippen LogP contribution in [-0.4, -0.2) is 44.1 Å². The molecule has 0 unspecified atom stereocenters. The van der Waals surface area contributed by atoms with E-state index in [1.54, 1.807) is 24.3 Å². The highest BCUT2D eigenvalue weighted by Gasteiger charge is 2.39. The maximum absolute atomic E-state index is 12.3. The van der Waals surface area contributed by atoms with Gasteiger partial charge in [0, 0.05) is 0 Å². The van der Waals surface area contributed by atoms with Crippen LogP contribution in [0.25, 0.3) is 0 Å². The number of anilines is 1. The number of amides is 2. The van der Waals surface area contributed by atoms with E-state index in [0.717, 1.165) is 11.3 Å². The number of esters is 1. The molecule has 0 bridgehead atoms. The van der Waals surface area contributed by atoms with Crippen LogP contribution in [0.3, 0.4) is 0 Å². The van der Waals surface area contributed by atoms with Crippen LogP contribution in [0.4, 0.5) is 5.69 Å². The van der Waals surface area contributed by atoms with Crippen LogP contribution in [-0.2, 0) is 19.1 Å². The molecule has 1 aliphatic rings. The quantitative estimate of drug-likeness (QED) is 0.593. The molecule has 1 heterocycles. The lowest BCUT2D eigenvalue weighted by Gasteiger charge is -2.16. The summed E-state index contributed by atoms with van der Waals surface area (Å²) in [7, 11) is 1.26. The zero-order chi connectivity index (χ0) is 16.8. The molecular weight excluding hydrogens is 300 g/mol. The minimum absolute atomic E-state index is 0.0178. The van der Waals surface area contributed by atoms with Gasteiger partial charge in [-0.2, -0.15) is 0 Å². The molecular formula is C16H20N2O5. The van der Waals surface area contributed by atoms with Gasteiger partial charge in [0.1, 0.15) is 5.75 Å². The lowest BCUT2D eigenvalue weighted by molar-refractivity contribution is -0.139. The van der Waals surface area contributed by atoms with Crippen LogP contribution in [0.2, 0.25) is 0 Å². The van der Waals surface area contributed by atoms with Gasteiger partial charge in [0.05, 0.1) is 38.4 Å². The van der Waals surface area contributed by atoms with E-state index in [-0.39, 0.29) is 24.8 Å². The molecule has 23 heavy (non-hydrogen) atoms. The minimum Gasteiger partial charge on any atom is -0.494 e. The summed E-state index contributed by atoms with van der Waals surface area (Å²) in [4.78, 5) is 36.7. The number of benzene rings is 1. The van der Waals surface area contributed by atoms with Crippen LogP contribution < -0.4 is 15.0 Å². The molecule has 7 heteroatoms. The molecule has 0 radical (unpaired) electrons. The summed E-state index contributed by atoms with van der Waals surface area (Å²) >= 11 is 0. The van der Waals surface area contributed by atoms with Gasteiger partial charge in [-0.1, -0.05) is 6.92 Å². The first-order valence-corrected chi connectivity index (χ1v) is 7.46. The van der Waals surface area contributed by atoms with E-state index < -0.39 is 12.0 Å². The van der Waals surface area contributed by atoms with Gasteiger partial charge in [-0.25, -0.2) is 4.90 Å². The number of rotatable bonds is 7. The molecule has 0 aliphatic carbocycles. The van der Waals surface area contributed by atoms with Crippen molar-refractivity contribution in [1.29, 1.82) is 0 Å². The van der Waals surface area contributed by atoms with Crippen molar-refractivity contribution >= 4 is 23.5 Å². The van der Waals surface area contributed by atoms with Crippen molar-refractivity contribution in [2.24, 2.45) is 0 Å². The molecule has 1 aliphatic heterocycles. The Labute approximate surface area is 134 Å². The van der Waals surface area contributed by atoms with Crippen molar-refractivity contribution < 1.29 is 23.9 Å². The second-order valence-electron chi connectivity index (χ2n) is 5.12. The maximum atomic E-state index is 12.3. The van der Waals surface area contributed by atoms with Crippen LogP contribution in [0.1, 0.15) is 19.8 Å². The largest absolute Gasteiger partial charge is 0.494 e. The zero-order valence-electron chi connectivity index (χ0n) is 13.2. The van der Waals surface area contributed by atoms with Crippen molar-refractivity contribution in [3.05, 3.63) is 24.3 Å². The second kappa shape index (κ2) is 7.73. The fourth-order valence-electron chi connectivity index (χ4n) is 2.25. The molecule has 1 saturated heterocycles. The van der Waals surface area contributed by atoms with Crippen molar-refractivity contribution in [3.8, 4) is 5.75 Å². The van der Waals surface area contributed by atoms with Gasteiger partial charge in [-0.05, 0) is 30.7 Å². The molecule has 124 valence electrons. The summed E-state index contributed by atoms with van der Waals surface area (Å²) in [5.74, 6) is -0.475. The predicted molar refractivity (Wildman–Crippen MR) is 83.1 cm³/mol. The third-order valence-electron chi connectivity index (χ3n) is 3.43. The van der Waals surface area contributed by atoms with Crippen LogP contribution >= 0.6 is 0 Å². The maximum Gasteiger partial charge on any atom is 0.319 e. The molecule has 2 rings (SSSR count). The standard InChI is InChI=1S/C16H20N2O5/c1-3-8-23-12-6-4-11(5-7-12)18-14(19)9-13(16(18)21)17-10-15(20)22-2/h4-7,13,17H,3,8-10H2,1-2H3/t13-/m0/s1. The number of imide groups is 1. The average molecular weight is 320 g/mol. The fraction of sp³-hybridized carbons (Fsp3) is 0.438. The van der Waals surface area contributed by atoms with Gasteiger partial charge >= 0.3 is 5.97 Å².